The van der Waals surface area contributed by atoms with Crippen LogP contribution in [0.3, 0.4) is 0 Å². The van der Waals surface area contributed by atoms with Gasteiger partial charge in [-0.15, -0.1) is 0 Å². The fourth-order valence-electron chi connectivity index (χ4n) is 1.98. The minimum absolute atomic E-state index is 0.0168. The molecule has 0 radical (unpaired) electrons. The third kappa shape index (κ3) is 8.09. The van der Waals surface area contributed by atoms with E-state index in [1.165, 1.54) is 16.8 Å². The second kappa shape index (κ2) is 11.1. The van der Waals surface area contributed by atoms with Crippen molar-refractivity contribution in [3.05, 3.63) is 33.1 Å². The van der Waals surface area contributed by atoms with Gasteiger partial charge < -0.3 is 14.0 Å². The van der Waals surface area contributed by atoms with Gasteiger partial charge in [0, 0.05) is 12.3 Å². The molecule has 10 nitrogen and oxygen atoms in total. The molecule has 0 aliphatic rings. The highest BCUT2D eigenvalue weighted by Crippen LogP contribution is 2.19. The molecule has 0 aliphatic carbocycles. The second-order valence-corrected chi connectivity index (χ2v) is 6.99. The van der Waals surface area contributed by atoms with E-state index in [1.54, 1.807) is 20.8 Å². The van der Waals surface area contributed by atoms with Crippen LogP contribution in [0.4, 0.5) is 0 Å². The number of aromatic amines is 1. The summed E-state index contributed by atoms with van der Waals surface area (Å²) in [7, 11) is -2.63. The van der Waals surface area contributed by atoms with E-state index in [4.69, 9.17) is 14.0 Å². The SMILES string of the molecule is CC[C@@H](CO[PH](=O)NCC(=O)OC(C)C)OC(C)n1ccc(=O)[nH]c1=O. The minimum Gasteiger partial charge on any atom is -0.462 e. The molecule has 1 heterocycles. The summed E-state index contributed by atoms with van der Waals surface area (Å²) in [5.74, 6) is -0.517. The van der Waals surface area contributed by atoms with Crippen molar-refractivity contribution in [2.45, 2.75) is 52.6 Å². The maximum absolute atomic E-state index is 11.8. The third-order valence-corrected chi connectivity index (χ3v) is 4.13. The average Bonchev–Trinajstić information content (AvgIpc) is 2.55. The van der Waals surface area contributed by atoms with Gasteiger partial charge in [-0.2, -0.15) is 0 Å². The van der Waals surface area contributed by atoms with E-state index >= 15 is 0 Å². The Kier molecular flexibility index (Phi) is 9.50. The molecule has 1 aromatic rings. The zero-order chi connectivity index (χ0) is 19.7. The molecule has 0 saturated carbocycles. The van der Waals surface area contributed by atoms with Gasteiger partial charge in [-0.3, -0.25) is 23.7 Å². The molecule has 0 aliphatic heterocycles. The molecule has 0 spiro atoms. The Labute approximate surface area is 151 Å². The van der Waals surface area contributed by atoms with Crippen LogP contribution in [0.25, 0.3) is 0 Å². The van der Waals surface area contributed by atoms with Crippen LogP contribution in [0.2, 0.25) is 0 Å². The predicted octanol–water partition coefficient (Wildman–Crippen LogP) is 0.798. The van der Waals surface area contributed by atoms with Crippen LogP contribution in [0, 0.1) is 0 Å². The normalized spacial score (nSPS) is 14.8. The van der Waals surface area contributed by atoms with E-state index < -0.39 is 37.7 Å². The Balaban J connectivity index is 2.46. The summed E-state index contributed by atoms with van der Waals surface area (Å²) in [5, 5.41) is 2.47. The predicted molar refractivity (Wildman–Crippen MR) is 95.4 cm³/mol. The molecule has 3 atom stereocenters. The number of nitrogens with one attached hydrogen (secondary N) is 2. The summed E-state index contributed by atoms with van der Waals surface area (Å²) < 4.78 is 28.8. The first kappa shape index (κ1) is 22.3. The smallest absolute Gasteiger partial charge is 0.330 e. The van der Waals surface area contributed by atoms with Crippen molar-refractivity contribution in [3.63, 3.8) is 0 Å². The van der Waals surface area contributed by atoms with Gasteiger partial charge in [0.1, 0.15) is 12.8 Å². The van der Waals surface area contributed by atoms with Gasteiger partial charge in [0.25, 0.3) is 13.7 Å². The number of esters is 1. The molecule has 1 rings (SSSR count). The Morgan fingerprint density at radius 2 is 2.04 bits per heavy atom. The van der Waals surface area contributed by atoms with Gasteiger partial charge in [0.2, 0.25) is 0 Å². The number of rotatable bonds is 11. The number of hydrogen-bond acceptors (Lipinski definition) is 7. The summed E-state index contributed by atoms with van der Waals surface area (Å²) in [6, 6.07) is 1.22. The van der Waals surface area contributed by atoms with Crippen LogP contribution in [0.5, 0.6) is 0 Å². The summed E-state index contributed by atoms with van der Waals surface area (Å²) in [5.41, 5.74) is -1.07. The molecule has 2 N–H and O–H groups in total. The van der Waals surface area contributed by atoms with Crippen LogP contribution in [0.15, 0.2) is 21.9 Å². The average molecular weight is 391 g/mol. The van der Waals surface area contributed by atoms with Crippen LogP contribution >= 0.6 is 8.18 Å². The Morgan fingerprint density at radius 1 is 1.35 bits per heavy atom. The third-order valence-electron chi connectivity index (χ3n) is 3.23. The van der Waals surface area contributed by atoms with Crippen molar-refractivity contribution in [3.8, 4) is 0 Å². The van der Waals surface area contributed by atoms with E-state index in [-0.39, 0.29) is 19.3 Å². The molecule has 1 aromatic heterocycles. The van der Waals surface area contributed by atoms with Crippen LogP contribution < -0.4 is 16.3 Å². The van der Waals surface area contributed by atoms with E-state index in [0.29, 0.717) is 6.42 Å². The maximum atomic E-state index is 11.8. The summed E-state index contributed by atoms with van der Waals surface area (Å²) in [4.78, 5) is 36.3. The molecule has 148 valence electrons. The van der Waals surface area contributed by atoms with Crippen molar-refractivity contribution in [1.82, 2.24) is 14.6 Å². The first-order chi connectivity index (χ1) is 12.2. The fourth-order valence-corrected chi connectivity index (χ4v) is 2.71. The minimum atomic E-state index is -2.63. The van der Waals surface area contributed by atoms with E-state index in [1.807, 2.05) is 6.92 Å². The Hall–Kier alpha value is -1.74. The summed E-state index contributed by atoms with van der Waals surface area (Å²) in [6.45, 7) is 6.73. The van der Waals surface area contributed by atoms with Crippen LogP contribution in [0.1, 0.15) is 40.3 Å². The molecule has 26 heavy (non-hydrogen) atoms. The summed E-state index contributed by atoms with van der Waals surface area (Å²) >= 11 is 0. The van der Waals surface area contributed by atoms with Crippen LogP contribution in [-0.4, -0.2) is 40.9 Å². The number of hydrogen-bond donors (Lipinski definition) is 2. The molecule has 0 bridgehead atoms. The topological polar surface area (TPSA) is 129 Å². The van der Waals surface area contributed by atoms with Gasteiger partial charge in [0.15, 0.2) is 0 Å². The van der Waals surface area contributed by atoms with E-state index in [2.05, 4.69) is 10.1 Å². The lowest BCUT2D eigenvalue weighted by atomic mass is 10.3. The molecular weight excluding hydrogens is 365 g/mol. The van der Waals surface area contributed by atoms with Gasteiger partial charge in [-0.25, -0.2) is 9.88 Å². The number of H-pyrrole nitrogens is 1. The second-order valence-electron chi connectivity index (χ2n) is 5.77. The number of aromatic nitrogens is 2. The van der Waals surface area contributed by atoms with Crippen molar-refractivity contribution in [2.24, 2.45) is 0 Å². The number of carbonyl (C=O) groups is 1. The van der Waals surface area contributed by atoms with Crippen molar-refractivity contribution < 1.29 is 23.4 Å². The summed E-state index contributed by atoms with van der Waals surface area (Å²) in [6.07, 6.45) is 0.562. The monoisotopic (exact) mass is 391 g/mol. The quantitative estimate of drug-likeness (QED) is 0.419. The van der Waals surface area contributed by atoms with Gasteiger partial charge >= 0.3 is 11.7 Å². The van der Waals surface area contributed by atoms with Crippen molar-refractivity contribution in [1.29, 1.82) is 0 Å². The first-order valence-corrected chi connectivity index (χ1v) is 9.61. The highest BCUT2D eigenvalue weighted by atomic mass is 31.1. The number of ether oxygens (including phenoxy) is 2. The molecule has 0 saturated heterocycles. The zero-order valence-corrected chi connectivity index (χ0v) is 16.3. The van der Waals surface area contributed by atoms with E-state index in [0.717, 1.165) is 0 Å². The Morgan fingerprint density at radius 3 is 2.62 bits per heavy atom. The number of carbonyl (C=O) groups excluding carboxylic acids is 1. The lowest BCUT2D eigenvalue weighted by Crippen LogP contribution is -2.33. The number of nitrogens with zero attached hydrogens (tertiary/aromatic N) is 1. The van der Waals surface area contributed by atoms with Crippen LogP contribution in [-0.2, 0) is 23.4 Å². The van der Waals surface area contributed by atoms with Crippen molar-refractivity contribution in [2.75, 3.05) is 13.2 Å². The van der Waals surface area contributed by atoms with E-state index in [9.17, 15) is 18.9 Å². The lowest BCUT2D eigenvalue weighted by molar-refractivity contribution is -0.145. The molecule has 2 unspecified atom stereocenters. The largest absolute Gasteiger partial charge is 0.462 e. The molecule has 0 fully saturated rings. The first-order valence-electron chi connectivity index (χ1n) is 8.30. The van der Waals surface area contributed by atoms with Crippen molar-refractivity contribution >= 4 is 14.1 Å². The molecule has 11 heteroatoms. The standard InChI is InChI=1S/C15H26N3O7P/c1-5-12(9-23-26(22)16-8-14(20)24-10(2)3)25-11(4)18-7-6-13(19)17-15(18)21/h6-7,10-12,26H,5,8-9H2,1-4H3,(H,16,22)(H,17,19,21)/t11?,12-/m0/s1. The van der Waals surface area contributed by atoms with Gasteiger partial charge in [0.05, 0.1) is 18.8 Å². The lowest BCUT2D eigenvalue weighted by Gasteiger charge is -2.22. The zero-order valence-electron chi connectivity index (χ0n) is 15.3. The van der Waals surface area contributed by atoms with Gasteiger partial charge in [-0.05, 0) is 27.2 Å². The highest BCUT2D eigenvalue weighted by Gasteiger charge is 2.16. The van der Waals surface area contributed by atoms with Gasteiger partial charge in [-0.1, -0.05) is 6.92 Å². The maximum Gasteiger partial charge on any atom is 0.330 e. The Bertz CT molecular complexity index is 716. The molecule has 0 amide bonds. The molecular formula is C15H26N3O7P. The highest BCUT2D eigenvalue weighted by molar-refractivity contribution is 7.36. The molecule has 0 aromatic carbocycles. The fraction of sp³-hybridized carbons (Fsp3) is 0.667.